The van der Waals surface area contributed by atoms with Gasteiger partial charge in [-0.3, -0.25) is 24.0 Å². The van der Waals surface area contributed by atoms with Crippen molar-refractivity contribution in [1.82, 2.24) is 10.2 Å². The lowest BCUT2D eigenvalue weighted by Gasteiger charge is -2.33. The molecule has 10 nitrogen and oxygen atoms in total. The molecule has 0 bridgehead atoms. The van der Waals surface area contributed by atoms with Gasteiger partial charge < -0.3 is 10.2 Å². The van der Waals surface area contributed by atoms with Crippen LogP contribution in [-0.4, -0.2) is 54.9 Å². The minimum Gasteiger partial charge on any atom is -0.352 e. The van der Waals surface area contributed by atoms with Crippen LogP contribution in [-0.2, 0) is 26.2 Å². The molecule has 0 spiro atoms. The van der Waals surface area contributed by atoms with Crippen molar-refractivity contribution in [3.05, 3.63) is 69.3 Å². The highest BCUT2D eigenvalue weighted by Crippen LogP contribution is 2.28. The first-order chi connectivity index (χ1) is 17.9. The molecule has 206 valence electrons. The van der Waals surface area contributed by atoms with Crippen LogP contribution in [0.5, 0.6) is 0 Å². The molecule has 2 amide bonds. The second kappa shape index (κ2) is 12.4. The number of rotatable bonds is 10. The third-order valence-corrected chi connectivity index (χ3v) is 8.03. The normalized spacial score (nSPS) is 14.9. The van der Waals surface area contributed by atoms with E-state index < -0.39 is 33.4 Å². The molecule has 2 aromatic rings. The van der Waals surface area contributed by atoms with E-state index in [1.807, 2.05) is 31.2 Å². The molecule has 0 aliphatic heterocycles. The second-order valence-electron chi connectivity index (χ2n) is 10.0. The Morgan fingerprint density at radius 1 is 1.11 bits per heavy atom. The Morgan fingerprint density at radius 2 is 1.79 bits per heavy atom. The number of sulfonamides is 1. The van der Waals surface area contributed by atoms with E-state index in [2.05, 4.69) is 5.32 Å². The summed E-state index contributed by atoms with van der Waals surface area (Å²) in [5.74, 6) is -0.885. The predicted molar refractivity (Wildman–Crippen MR) is 146 cm³/mol. The van der Waals surface area contributed by atoms with Gasteiger partial charge in [0.1, 0.15) is 12.6 Å². The molecular weight excluding hydrogens is 508 g/mol. The first-order valence-corrected chi connectivity index (χ1v) is 14.6. The molecule has 0 aromatic heterocycles. The van der Waals surface area contributed by atoms with E-state index >= 15 is 0 Å². The molecule has 0 radical (unpaired) electrons. The van der Waals surface area contributed by atoms with Crippen LogP contribution < -0.4 is 9.62 Å². The number of benzene rings is 2. The lowest BCUT2D eigenvalue weighted by molar-refractivity contribution is -0.384. The zero-order valence-corrected chi connectivity index (χ0v) is 23.2. The smallest absolute Gasteiger partial charge is 0.271 e. The number of nitro groups is 1. The van der Waals surface area contributed by atoms with Crippen LogP contribution in [0.2, 0.25) is 0 Å². The maximum Gasteiger partial charge on any atom is 0.271 e. The number of non-ortho nitro benzene ring substituents is 1. The highest BCUT2D eigenvalue weighted by atomic mass is 32.2. The Bertz CT molecular complexity index is 1290. The van der Waals surface area contributed by atoms with Gasteiger partial charge in [0.15, 0.2) is 0 Å². The standard InChI is InChI=1S/C27H36N4O6S/c1-19-9-8-10-22(15-19)17-29(21(3)27(33)28-23-11-6-5-7-12-23)26(32)18-30(38(4,36)37)25-16-24(31(34)35)14-13-20(25)2/h8-10,13-16,21,23H,5-7,11-12,17-18H2,1-4H3,(H,28,33)/t21-/m0/s1. The minimum absolute atomic E-state index is 0.0462. The van der Waals surface area contributed by atoms with Crippen LogP contribution >= 0.6 is 0 Å². The van der Waals surface area contributed by atoms with E-state index in [0.717, 1.165) is 59.9 Å². The van der Waals surface area contributed by atoms with Crippen molar-refractivity contribution in [2.24, 2.45) is 0 Å². The first kappa shape index (κ1) is 29.1. The fourth-order valence-corrected chi connectivity index (χ4v) is 5.63. The van der Waals surface area contributed by atoms with Crippen LogP contribution in [0.4, 0.5) is 11.4 Å². The Hall–Kier alpha value is -3.47. The van der Waals surface area contributed by atoms with E-state index in [1.54, 1.807) is 13.8 Å². The number of carbonyl (C=O) groups excluding carboxylic acids is 2. The largest absolute Gasteiger partial charge is 0.352 e. The van der Waals surface area contributed by atoms with E-state index in [0.29, 0.717) is 5.56 Å². The first-order valence-electron chi connectivity index (χ1n) is 12.7. The van der Waals surface area contributed by atoms with E-state index in [4.69, 9.17) is 0 Å². The van der Waals surface area contributed by atoms with Gasteiger partial charge in [-0.2, -0.15) is 0 Å². The molecule has 0 unspecified atom stereocenters. The van der Waals surface area contributed by atoms with Crippen molar-refractivity contribution in [3.8, 4) is 0 Å². The van der Waals surface area contributed by atoms with Gasteiger partial charge in [0.05, 0.1) is 16.9 Å². The van der Waals surface area contributed by atoms with Crippen molar-refractivity contribution in [3.63, 3.8) is 0 Å². The number of hydrogen-bond acceptors (Lipinski definition) is 6. The minimum atomic E-state index is -4.00. The molecule has 1 aliphatic carbocycles. The van der Waals surface area contributed by atoms with Crippen LogP contribution in [0.15, 0.2) is 42.5 Å². The SMILES string of the molecule is Cc1cccc(CN(C(=O)CN(c2cc([N+](=O)[O-])ccc2C)S(C)(=O)=O)[C@@H](C)C(=O)NC2CCCCC2)c1. The summed E-state index contributed by atoms with van der Waals surface area (Å²) in [6, 6.07) is 10.6. The van der Waals surface area contributed by atoms with Crippen LogP contribution in [0.3, 0.4) is 0 Å². The highest BCUT2D eigenvalue weighted by molar-refractivity contribution is 7.92. The Kier molecular flexibility index (Phi) is 9.48. The van der Waals surface area contributed by atoms with Crippen molar-refractivity contribution in [2.45, 2.75) is 71.5 Å². The van der Waals surface area contributed by atoms with Gasteiger partial charge in [0.2, 0.25) is 21.8 Å². The molecule has 1 aliphatic rings. The molecule has 3 rings (SSSR count). The van der Waals surface area contributed by atoms with Crippen LogP contribution in [0.25, 0.3) is 0 Å². The zero-order chi connectivity index (χ0) is 28.0. The summed E-state index contributed by atoms with van der Waals surface area (Å²) >= 11 is 0. The van der Waals surface area contributed by atoms with Crippen molar-refractivity contribution < 1.29 is 22.9 Å². The zero-order valence-electron chi connectivity index (χ0n) is 22.3. The van der Waals surface area contributed by atoms with Crippen LogP contribution in [0, 0.1) is 24.0 Å². The average Bonchev–Trinajstić information content (AvgIpc) is 2.85. The fourth-order valence-electron chi connectivity index (χ4n) is 4.73. The Morgan fingerprint density at radius 3 is 2.39 bits per heavy atom. The summed E-state index contributed by atoms with van der Waals surface area (Å²) < 4.78 is 26.5. The lowest BCUT2D eigenvalue weighted by atomic mass is 9.95. The maximum absolute atomic E-state index is 13.7. The second-order valence-corrected chi connectivity index (χ2v) is 11.9. The van der Waals surface area contributed by atoms with E-state index in [9.17, 15) is 28.1 Å². The monoisotopic (exact) mass is 544 g/mol. The van der Waals surface area contributed by atoms with Gasteiger partial charge in [-0.15, -0.1) is 0 Å². The quantitative estimate of drug-likeness (QED) is 0.357. The summed E-state index contributed by atoms with van der Waals surface area (Å²) in [6.07, 6.45) is 5.94. The number of nitro benzene ring substituents is 1. The highest BCUT2D eigenvalue weighted by Gasteiger charge is 2.32. The topological polar surface area (TPSA) is 130 Å². The van der Waals surface area contributed by atoms with E-state index in [1.165, 1.54) is 17.0 Å². The van der Waals surface area contributed by atoms with Gasteiger partial charge in [0, 0.05) is 24.7 Å². The van der Waals surface area contributed by atoms with Gasteiger partial charge in [-0.1, -0.05) is 55.2 Å². The maximum atomic E-state index is 13.7. The lowest BCUT2D eigenvalue weighted by Crippen LogP contribution is -2.53. The molecule has 1 N–H and O–H groups in total. The molecule has 1 fully saturated rings. The van der Waals surface area contributed by atoms with Crippen molar-refractivity contribution in [2.75, 3.05) is 17.1 Å². The number of hydrogen-bond donors (Lipinski definition) is 1. The number of nitrogens with zero attached hydrogens (tertiary/aromatic N) is 3. The average molecular weight is 545 g/mol. The molecule has 2 aromatic carbocycles. The van der Waals surface area contributed by atoms with Gasteiger partial charge in [-0.25, -0.2) is 8.42 Å². The predicted octanol–water partition coefficient (Wildman–Crippen LogP) is 3.84. The third kappa shape index (κ3) is 7.53. The summed E-state index contributed by atoms with van der Waals surface area (Å²) in [7, 11) is -4.00. The number of anilines is 1. The molecule has 1 saturated carbocycles. The third-order valence-electron chi connectivity index (χ3n) is 6.91. The van der Waals surface area contributed by atoms with Gasteiger partial charge in [0.25, 0.3) is 5.69 Å². The molecule has 1 atom stereocenters. The van der Waals surface area contributed by atoms with Crippen molar-refractivity contribution in [1.29, 1.82) is 0 Å². The summed E-state index contributed by atoms with van der Waals surface area (Å²) in [5, 5.41) is 14.4. The number of carbonyl (C=O) groups is 2. The number of nitrogens with one attached hydrogen (secondary N) is 1. The Labute approximate surface area is 224 Å². The number of aryl methyl sites for hydroxylation is 2. The number of amides is 2. The van der Waals surface area contributed by atoms with E-state index in [-0.39, 0.29) is 29.9 Å². The molecule has 0 saturated heterocycles. The molecular formula is C27H36N4O6S. The molecule has 0 heterocycles. The molecule has 11 heteroatoms. The Balaban J connectivity index is 1.93. The summed E-state index contributed by atoms with van der Waals surface area (Å²) in [5.41, 5.74) is 2.00. The molecule has 38 heavy (non-hydrogen) atoms. The summed E-state index contributed by atoms with van der Waals surface area (Å²) in [4.78, 5) is 39.1. The van der Waals surface area contributed by atoms with Crippen molar-refractivity contribution >= 4 is 33.2 Å². The van der Waals surface area contributed by atoms with Gasteiger partial charge >= 0.3 is 0 Å². The fraction of sp³-hybridized carbons (Fsp3) is 0.481. The summed E-state index contributed by atoms with van der Waals surface area (Å²) in [6.45, 7) is 4.67. The van der Waals surface area contributed by atoms with Crippen LogP contribution in [0.1, 0.15) is 55.7 Å². The van der Waals surface area contributed by atoms with Gasteiger partial charge in [-0.05, 0) is 44.7 Å².